The monoisotopic (exact) mass is 1110 g/mol. The summed E-state index contributed by atoms with van der Waals surface area (Å²) in [5.74, 6) is -1.05. The molecule has 0 saturated carbocycles. The molecular weight excluding hydrogens is 997 g/mol. The van der Waals surface area contributed by atoms with E-state index in [9.17, 15) is 14.4 Å². The number of allylic oxidation sites excluding steroid dienone is 32. The third kappa shape index (κ3) is 64.9. The SMILES string of the molecule is CC/C=C\C/C=C\C/C=C\C/C=C\C/C=C\C/C=C\C/C=C\CCCC(=O)OC(COC(=O)CCCC/C=C\C/C=C\C/C=C\C/C=C\CC)COC(=O)CCCCCCCCCCC/C=C\C/C=C\C/C=C\C/C=C\C/C=C\CC. The first-order valence-corrected chi connectivity index (χ1v) is 31.9. The Labute approximate surface area is 497 Å². The molecule has 0 N–H and O–H groups in total. The van der Waals surface area contributed by atoms with Gasteiger partial charge in [0.05, 0.1) is 0 Å². The van der Waals surface area contributed by atoms with E-state index in [4.69, 9.17) is 14.2 Å². The average Bonchev–Trinajstić information content (AvgIpc) is 3.47. The molecule has 0 aromatic carbocycles. The maximum absolute atomic E-state index is 12.9. The minimum Gasteiger partial charge on any atom is -0.462 e. The number of carbonyl (C=O) groups excluding carboxylic acids is 3. The zero-order valence-electron chi connectivity index (χ0n) is 51.5. The average molecular weight is 1110 g/mol. The lowest BCUT2D eigenvalue weighted by atomic mass is 10.1. The highest BCUT2D eigenvalue weighted by Crippen LogP contribution is 2.13. The van der Waals surface area contributed by atoms with Crippen molar-refractivity contribution in [2.24, 2.45) is 0 Å². The predicted octanol–water partition coefficient (Wildman–Crippen LogP) is 22.2. The van der Waals surface area contributed by atoms with E-state index in [-0.39, 0.29) is 44.0 Å². The highest BCUT2D eigenvalue weighted by Gasteiger charge is 2.19. The van der Waals surface area contributed by atoms with Gasteiger partial charge in [0.25, 0.3) is 0 Å². The van der Waals surface area contributed by atoms with Crippen molar-refractivity contribution in [1.82, 2.24) is 0 Å². The molecule has 0 aliphatic heterocycles. The molecule has 0 fully saturated rings. The lowest BCUT2D eigenvalue weighted by molar-refractivity contribution is -0.167. The summed E-state index contributed by atoms with van der Waals surface area (Å²) >= 11 is 0. The molecule has 6 nitrogen and oxygen atoms in total. The predicted molar refractivity (Wildman–Crippen MR) is 352 cm³/mol. The summed E-state index contributed by atoms with van der Waals surface area (Å²) in [6.07, 6.45) is 102. The highest BCUT2D eigenvalue weighted by molar-refractivity contribution is 5.71. The maximum Gasteiger partial charge on any atom is 0.306 e. The minimum absolute atomic E-state index is 0.128. The van der Waals surface area contributed by atoms with E-state index in [1.165, 1.54) is 38.5 Å². The summed E-state index contributed by atoms with van der Waals surface area (Å²) in [6.45, 7) is 6.20. The van der Waals surface area contributed by atoms with Crippen molar-refractivity contribution < 1.29 is 28.6 Å². The standard InChI is InChI=1S/C75H114O6/c1-4-7-10-13-16-19-22-25-28-30-32-34-36-37-39-40-42-44-47-50-53-56-59-62-65-68-74(77)80-71-72(70-79-73(76)67-64-61-58-55-52-49-46-27-24-21-18-15-12-9-6-3)81-75(78)69-66-63-60-57-54-51-48-45-43-41-38-35-33-31-29-26-23-20-17-14-11-8-5-2/h7-12,16-21,25-29,32-35,37,39,41,43,46,48,51-52,55,57,60,72H,4-6,13-15,22-24,30-31,36,38,40,42,44-45,47,49-50,53-54,56,58-59,61-71H2,1-3H3/b10-7-,11-8-,12-9-,19-16-,20-17-,21-18-,28-25-,29-26-,34-32-,35-33-,39-37-,43-41-,46-27-,51-48-,55-52-,60-57-. The summed E-state index contributed by atoms with van der Waals surface area (Å²) in [5, 5.41) is 0. The second-order valence-electron chi connectivity index (χ2n) is 20.2. The number of ether oxygens (including phenoxy) is 3. The normalized spacial score (nSPS) is 13.5. The third-order valence-electron chi connectivity index (χ3n) is 12.6. The summed E-state index contributed by atoms with van der Waals surface area (Å²) in [5.41, 5.74) is 0. The Balaban J connectivity index is 4.55. The number of hydrogen-bond donors (Lipinski definition) is 0. The lowest BCUT2D eigenvalue weighted by Crippen LogP contribution is -2.30. The molecule has 0 amide bonds. The largest absolute Gasteiger partial charge is 0.462 e. The van der Waals surface area contributed by atoms with Crippen molar-refractivity contribution in [1.29, 1.82) is 0 Å². The van der Waals surface area contributed by atoms with E-state index in [2.05, 4.69) is 215 Å². The fourth-order valence-corrected chi connectivity index (χ4v) is 7.92. The first kappa shape index (κ1) is 75.2. The second kappa shape index (κ2) is 66.8. The first-order chi connectivity index (χ1) is 40.0. The number of esters is 3. The van der Waals surface area contributed by atoms with E-state index in [1.54, 1.807) is 0 Å². The van der Waals surface area contributed by atoms with Crippen LogP contribution in [0.2, 0.25) is 0 Å². The smallest absolute Gasteiger partial charge is 0.306 e. The molecule has 0 radical (unpaired) electrons. The molecule has 81 heavy (non-hydrogen) atoms. The molecule has 1 atom stereocenters. The number of carbonyl (C=O) groups is 3. The Kier molecular flexibility index (Phi) is 62.0. The van der Waals surface area contributed by atoms with Gasteiger partial charge in [-0.1, -0.05) is 260 Å². The Morgan fingerprint density at radius 2 is 0.457 bits per heavy atom. The zero-order valence-corrected chi connectivity index (χ0v) is 51.5. The number of hydrogen-bond acceptors (Lipinski definition) is 6. The van der Waals surface area contributed by atoms with Crippen molar-refractivity contribution in [3.63, 3.8) is 0 Å². The summed E-state index contributed by atoms with van der Waals surface area (Å²) in [4.78, 5) is 38.3. The van der Waals surface area contributed by atoms with Crippen LogP contribution in [0, 0.1) is 0 Å². The van der Waals surface area contributed by atoms with Crippen LogP contribution in [0.5, 0.6) is 0 Å². The van der Waals surface area contributed by atoms with Crippen LogP contribution in [0.1, 0.15) is 239 Å². The van der Waals surface area contributed by atoms with E-state index in [1.807, 2.05) is 0 Å². The van der Waals surface area contributed by atoms with Crippen LogP contribution in [0.3, 0.4) is 0 Å². The molecule has 0 spiro atoms. The van der Waals surface area contributed by atoms with Crippen molar-refractivity contribution in [2.75, 3.05) is 13.2 Å². The van der Waals surface area contributed by atoms with Gasteiger partial charge in [-0.05, 0) is 154 Å². The van der Waals surface area contributed by atoms with Gasteiger partial charge in [0.1, 0.15) is 13.2 Å². The molecule has 0 aromatic heterocycles. The second-order valence-corrected chi connectivity index (χ2v) is 20.2. The van der Waals surface area contributed by atoms with Crippen molar-refractivity contribution in [3.8, 4) is 0 Å². The number of unbranched alkanes of at least 4 members (excludes halogenated alkanes) is 12. The van der Waals surface area contributed by atoms with Crippen LogP contribution in [0.4, 0.5) is 0 Å². The molecule has 0 heterocycles. The van der Waals surface area contributed by atoms with Crippen molar-refractivity contribution >= 4 is 17.9 Å². The van der Waals surface area contributed by atoms with Crippen molar-refractivity contribution in [3.05, 3.63) is 194 Å². The molecule has 6 heteroatoms. The van der Waals surface area contributed by atoms with Crippen LogP contribution in [-0.4, -0.2) is 37.2 Å². The summed E-state index contributed by atoms with van der Waals surface area (Å²) in [6, 6.07) is 0. The number of rotatable bonds is 55. The van der Waals surface area contributed by atoms with Gasteiger partial charge in [-0.25, -0.2) is 0 Å². The highest BCUT2D eigenvalue weighted by atomic mass is 16.6. The quantitative estimate of drug-likeness (QED) is 0.0261. The zero-order chi connectivity index (χ0) is 58.5. The van der Waals surface area contributed by atoms with E-state index in [0.717, 1.165) is 148 Å². The molecule has 0 rings (SSSR count). The summed E-state index contributed by atoms with van der Waals surface area (Å²) < 4.78 is 16.8. The maximum atomic E-state index is 12.9. The van der Waals surface area contributed by atoms with Gasteiger partial charge in [0.15, 0.2) is 6.10 Å². The van der Waals surface area contributed by atoms with Gasteiger partial charge in [-0.2, -0.15) is 0 Å². The van der Waals surface area contributed by atoms with Crippen LogP contribution in [0.15, 0.2) is 194 Å². The molecule has 0 aliphatic carbocycles. The first-order valence-electron chi connectivity index (χ1n) is 31.9. The van der Waals surface area contributed by atoms with Gasteiger partial charge >= 0.3 is 17.9 Å². The Morgan fingerprint density at radius 1 is 0.247 bits per heavy atom. The lowest BCUT2D eigenvalue weighted by Gasteiger charge is -2.18. The Hall–Kier alpha value is -5.75. The Bertz CT molecular complexity index is 1950. The molecule has 0 saturated heterocycles. The van der Waals surface area contributed by atoms with Crippen LogP contribution in [-0.2, 0) is 28.6 Å². The molecule has 0 aliphatic rings. The third-order valence-corrected chi connectivity index (χ3v) is 12.6. The van der Waals surface area contributed by atoms with Gasteiger partial charge in [-0.15, -0.1) is 0 Å². The fraction of sp³-hybridized carbons (Fsp3) is 0.533. The van der Waals surface area contributed by atoms with Gasteiger partial charge < -0.3 is 14.2 Å². The fourth-order valence-electron chi connectivity index (χ4n) is 7.92. The summed E-state index contributed by atoms with van der Waals surface area (Å²) in [7, 11) is 0. The molecule has 1 unspecified atom stereocenters. The molecule has 450 valence electrons. The molecule has 0 aromatic rings. The van der Waals surface area contributed by atoms with E-state index >= 15 is 0 Å². The van der Waals surface area contributed by atoms with Crippen LogP contribution in [0.25, 0.3) is 0 Å². The molecular formula is C75H114O6. The van der Waals surface area contributed by atoms with Crippen molar-refractivity contribution in [2.45, 2.75) is 245 Å². The van der Waals surface area contributed by atoms with Crippen LogP contribution >= 0.6 is 0 Å². The molecule has 0 bridgehead atoms. The topological polar surface area (TPSA) is 78.9 Å². The van der Waals surface area contributed by atoms with E-state index in [0.29, 0.717) is 19.3 Å². The van der Waals surface area contributed by atoms with Gasteiger partial charge in [0, 0.05) is 19.3 Å². The minimum atomic E-state index is -0.842. The van der Waals surface area contributed by atoms with E-state index < -0.39 is 6.10 Å². The Morgan fingerprint density at radius 3 is 0.753 bits per heavy atom. The van der Waals surface area contributed by atoms with Gasteiger partial charge in [0.2, 0.25) is 0 Å². The van der Waals surface area contributed by atoms with Gasteiger partial charge in [-0.3, -0.25) is 14.4 Å². The van der Waals surface area contributed by atoms with Crippen LogP contribution < -0.4 is 0 Å².